The zero-order chi connectivity index (χ0) is 19.7. The molecule has 140 valence electrons. The van der Waals surface area contributed by atoms with E-state index in [2.05, 4.69) is 36.1 Å². The van der Waals surface area contributed by atoms with Gasteiger partial charge in [-0.3, -0.25) is 9.78 Å². The molecule has 28 heavy (non-hydrogen) atoms. The number of hydrogen-bond donors (Lipinski definition) is 2. The van der Waals surface area contributed by atoms with Gasteiger partial charge in [0.15, 0.2) is 5.69 Å². The van der Waals surface area contributed by atoms with Crippen molar-refractivity contribution < 1.29 is 5.11 Å². The highest BCUT2D eigenvalue weighted by Crippen LogP contribution is 2.39. The molecule has 0 saturated carbocycles. The highest BCUT2D eigenvalue weighted by Gasteiger charge is 2.16. The third-order valence-electron chi connectivity index (χ3n) is 4.27. The summed E-state index contributed by atoms with van der Waals surface area (Å²) in [5, 5.41) is 19.8. The van der Waals surface area contributed by atoms with Crippen LogP contribution in [0.5, 0.6) is 5.88 Å². The van der Waals surface area contributed by atoms with Gasteiger partial charge in [-0.1, -0.05) is 46.3 Å². The summed E-state index contributed by atoms with van der Waals surface area (Å²) < 4.78 is 2.77. The van der Waals surface area contributed by atoms with E-state index in [4.69, 9.17) is 0 Å². The number of nitrogens with zero attached hydrogens (tertiary/aromatic N) is 4. The molecule has 0 bridgehead atoms. The number of H-pyrrole nitrogens is 1. The van der Waals surface area contributed by atoms with E-state index < -0.39 is 0 Å². The lowest BCUT2D eigenvalue weighted by Crippen LogP contribution is -2.05. The molecule has 0 unspecified atom stereocenters. The molecule has 2 heterocycles. The maximum Gasteiger partial charge on any atom is 0.252 e. The van der Waals surface area contributed by atoms with Crippen molar-refractivity contribution >= 4 is 38.5 Å². The zero-order valence-corrected chi connectivity index (χ0v) is 16.5. The largest absolute Gasteiger partial charge is 0.493 e. The number of aryl methyl sites for hydroxylation is 1. The third-order valence-corrected chi connectivity index (χ3v) is 4.80. The van der Waals surface area contributed by atoms with Crippen molar-refractivity contribution in [3.8, 4) is 5.88 Å². The molecule has 4 aromatic rings. The molecular weight excluding hydrogens is 422 g/mol. The number of hydrogen-bond acceptors (Lipinski definition) is 5. The van der Waals surface area contributed by atoms with Gasteiger partial charge in [0.05, 0.1) is 12.1 Å². The molecule has 2 N–H and O–H groups in total. The Morgan fingerprint density at radius 3 is 2.64 bits per heavy atom. The quantitative estimate of drug-likeness (QED) is 0.441. The Bertz CT molecular complexity index is 1240. The molecule has 0 radical (unpaired) electrons. The standard InChI is InChI=1S/C20H16BrN5O2/c1-12-10-17(27)23-20(22-12)25-24-18-15-4-2-3-5-16(15)26(19(18)28)11-13-6-8-14(21)9-7-13/h2-10,28H,11H2,1H3,(H,22,23,27). The van der Waals surface area contributed by atoms with Crippen molar-refractivity contribution in [2.45, 2.75) is 13.5 Å². The fourth-order valence-electron chi connectivity index (χ4n) is 3.01. The highest BCUT2D eigenvalue weighted by atomic mass is 79.9. The molecule has 0 spiro atoms. The predicted octanol–water partition coefficient (Wildman–Crippen LogP) is 4.96. The van der Waals surface area contributed by atoms with Crippen molar-refractivity contribution in [1.29, 1.82) is 0 Å². The SMILES string of the molecule is Cc1cc(=O)[nH]c(N=Nc2c(O)n(Cc3ccc(Br)cc3)c3ccccc23)n1. The summed E-state index contributed by atoms with van der Waals surface area (Å²) in [6.45, 7) is 2.19. The summed E-state index contributed by atoms with van der Waals surface area (Å²) in [5.74, 6) is 0.0945. The normalized spacial score (nSPS) is 11.5. The summed E-state index contributed by atoms with van der Waals surface area (Å²) in [6, 6.07) is 16.8. The third kappa shape index (κ3) is 3.59. The molecule has 0 amide bonds. The van der Waals surface area contributed by atoms with E-state index in [-0.39, 0.29) is 17.4 Å². The smallest absolute Gasteiger partial charge is 0.252 e. The lowest BCUT2D eigenvalue weighted by Gasteiger charge is -2.07. The van der Waals surface area contributed by atoms with Crippen LogP contribution < -0.4 is 5.56 Å². The number of benzene rings is 2. The first-order valence-corrected chi connectivity index (χ1v) is 9.35. The molecule has 0 aliphatic heterocycles. The molecule has 2 aromatic heterocycles. The lowest BCUT2D eigenvalue weighted by molar-refractivity contribution is 0.429. The van der Waals surface area contributed by atoms with Crippen LogP contribution >= 0.6 is 15.9 Å². The Morgan fingerprint density at radius 2 is 1.89 bits per heavy atom. The van der Waals surface area contributed by atoms with Crippen LogP contribution in [0.3, 0.4) is 0 Å². The number of fused-ring (bicyclic) bond motifs is 1. The maximum atomic E-state index is 11.6. The van der Waals surface area contributed by atoms with E-state index in [0.717, 1.165) is 20.9 Å². The molecule has 4 rings (SSSR count). The van der Waals surface area contributed by atoms with Crippen LogP contribution in [-0.2, 0) is 6.54 Å². The molecular formula is C20H16BrN5O2. The van der Waals surface area contributed by atoms with Gasteiger partial charge in [0.2, 0.25) is 11.8 Å². The first kappa shape index (κ1) is 18.1. The number of azo groups is 1. The molecule has 7 nitrogen and oxygen atoms in total. The Kier molecular flexibility index (Phi) is 4.79. The molecule has 0 aliphatic rings. The second kappa shape index (κ2) is 7.40. The first-order chi connectivity index (χ1) is 13.5. The van der Waals surface area contributed by atoms with E-state index in [1.807, 2.05) is 48.5 Å². The Balaban J connectivity index is 1.78. The van der Waals surface area contributed by atoms with Crippen molar-refractivity contribution in [2.24, 2.45) is 10.2 Å². The highest BCUT2D eigenvalue weighted by molar-refractivity contribution is 9.10. The average molecular weight is 438 g/mol. The van der Waals surface area contributed by atoms with E-state index >= 15 is 0 Å². The second-order valence-corrected chi connectivity index (χ2v) is 7.23. The van der Waals surface area contributed by atoms with E-state index in [0.29, 0.717) is 17.9 Å². The Labute approximate surface area is 168 Å². The Morgan fingerprint density at radius 1 is 1.14 bits per heavy atom. The van der Waals surface area contributed by atoms with Crippen LogP contribution in [0.15, 0.2) is 74.1 Å². The molecule has 0 saturated heterocycles. The molecule has 0 atom stereocenters. The monoisotopic (exact) mass is 437 g/mol. The fraction of sp³-hybridized carbons (Fsp3) is 0.100. The first-order valence-electron chi connectivity index (χ1n) is 8.55. The van der Waals surface area contributed by atoms with Crippen LogP contribution in [0.2, 0.25) is 0 Å². The fourth-order valence-corrected chi connectivity index (χ4v) is 3.27. The van der Waals surface area contributed by atoms with E-state index in [1.54, 1.807) is 11.5 Å². The minimum Gasteiger partial charge on any atom is -0.493 e. The van der Waals surface area contributed by atoms with Gasteiger partial charge in [0, 0.05) is 21.6 Å². The number of rotatable bonds is 4. The van der Waals surface area contributed by atoms with Crippen LogP contribution in [0.4, 0.5) is 11.6 Å². The van der Waals surface area contributed by atoms with Gasteiger partial charge in [0.25, 0.3) is 5.56 Å². The van der Waals surface area contributed by atoms with E-state index in [1.165, 1.54) is 6.07 Å². The van der Waals surface area contributed by atoms with Crippen molar-refractivity contribution in [3.63, 3.8) is 0 Å². The van der Waals surface area contributed by atoms with Crippen molar-refractivity contribution in [2.75, 3.05) is 0 Å². The van der Waals surface area contributed by atoms with Crippen molar-refractivity contribution in [1.82, 2.24) is 14.5 Å². The summed E-state index contributed by atoms with van der Waals surface area (Å²) in [7, 11) is 0. The summed E-state index contributed by atoms with van der Waals surface area (Å²) in [4.78, 5) is 18.2. The van der Waals surface area contributed by atoms with Gasteiger partial charge >= 0.3 is 0 Å². The summed E-state index contributed by atoms with van der Waals surface area (Å²) in [5.41, 5.74) is 2.44. The van der Waals surface area contributed by atoms with Crippen LogP contribution in [0.25, 0.3) is 10.9 Å². The number of halogens is 1. The number of nitrogens with one attached hydrogen (secondary N) is 1. The number of aromatic hydroxyl groups is 1. The van der Waals surface area contributed by atoms with Gasteiger partial charge in [-0.05, 0) is 30.7 Å². The molecule has 0 fully saturated rings. The Hall–Kier alpha value is -3.26. The maximum absolute atomic E-state index is 11.6. The van der Waals surface area contributed by atoms with Crippen LogP contribution in [0.1, 0.15) is 11.3 Å². The molecule has 0 aliphatic carbocycles. The predicted molar refractivity (Wildman–Crippen MR) is 111 cm³/mol. The van der Waals surface area contributed by atoms with Gasteiger partial charge in [-0.2, -0.15) is 0 Å². The van der Waals surface area contributed by atoms with Gasteiger partial charge in [0.1, 0.15) is 0 Å². The average Bonchev–Trinajstić information content (AvgIpc) is 2.93. The summed E-state index contributed by atoms with van der Waals surface area (Å²) >= 11 is 3.43. The second-order valence-electron chi connectivity index (χ2n) is 6.31. The zero-order valence-electron chi connectivity index (χ0n) is 14.9. The number of aromatic amines is 1. The molecule has 2 aromatic carbocycles. The van der Waals surface area contributed by atoms with Gasteiger partial charge in [-0.25, -0.2) is 4.98 Å². The van der Waals surface area contributed by atoms with Gasteiger partial charge in [-0.15, -0.1) is 10.2 Å². The topological polar surface area (TPSA) is 95.6 Å². The number of aromatic nitrogens is 3. The van der Waals surface area contributed by atoms with Crippen LogP contribution in [0, 0.1) is 6.92 Å². The number of para-hydroxylation sites is 1. The van der Waals surface area contributed by atoms with Crippen LogP contribution in [-0.4, -0.2) is 19.6 Å². The minimum absolute atomic E-state index is 0.00266. The van der Waals surface area contributed by atoms with E-state index in [9.17, 15) is 9.90 Å². The summed E-state index contributed by atoms with van der Waals surface area (Å²) in [6.07, 6.45) is 0. The lowest BCUT2D eigenvalue weighted by atomic mass is 10.2. The van der Waals surface area contributed by atoms with Crippen molar-refractivity contribution in [3.05, 3.63) is 80.7 Å². The minimum atomic E-state index is -0.302. The van der Waals surface area contributed by atoms with Gasteiger partial charge < -0.3 is 9.67 Å². The molecule has 8 heteroatoms.